The third-order valence-corrected chi connectivity index (χ3v) is 6.11. The van der Waals surface area contributed by atoms with E-state index >= 15 is 0 Å². The molecule has 3 aromatic rings. The van der Waals surface area contributed by atoms with Crippen LogP contribution < -0.4 is 15.5 Å². The number of halogens is 2. The molecule has 0 saturated carbocycles. The Bertz CT molecular complexity index is 1280. The number of alkyl halides is 2. The van der Waals surface area contributed by atoms with Gasteiger partial charge in [0.25, 0.3) is 6.43 Å². The van der Waals surface area contributed by atoms with Crippen molar-refractivity contribution >= 4 is 34.6 Å². The number of morpholine rings is 1. The molecule has 2 N–H and O–H groups in total. The Balaban J connectivity index is 1.53. The van der Waals surface area contributed by atoms with E-state index in [0.29, 0.717) is 56.2 Å². The van der Waals surface area contributed by atoms with Crippen molar-refractivity contribution in [3.8, 4) is 5.82 Å². The zero-order chi connectivity index (χ0) is 25.2. The number of amides is 2. The van der Waals surface area contributed by atoms with Crippen molar-refractivity contribution in [2.24, 2.45) is 0 Å². The first-order valence-corrected chi connectivity index (χ1v) is 11.7. The minimum Gasteiger partial charge on any atom is -0.378 e. The number of carbonyl (C=O) groups excluding carboxylic acids is 2. The second-order valence-corrected chi connectivity index (χ2v) is 8.58. The maximum Gasteiger partial charge on any atom is 0.296 e. The number of carbonyl (C=O) groups is 2. The molecule has 36 heavy (non-hydrogen) atoms. The second kappa shape index (κ2) is 10.0. The van der Waals surface area contributed by atoms with Crippen LogP contribution in [-0.2, 0) is 14.3 Å². The van der Waals surface area contributed by atoms with Gasteiger partial charge in [-0.1, -0.05) is 12.1 Å². The Kier molecular flexibility index (Phi) is 6.63. The third-order valence-electron chi connectivity index (χ3n) is 6.11. The molecule has 190 valence electrons. The van der Waals surface area contributed by atoms with Crippen LogP contribution in [0.1, 0.15) is 19.2 Å². The lowest BCUT2D eigenvalue weighted by molar-refractivity contribution is -0.138. The number of hydrogen-bond donors (Lipinski definition) is 2. The van der Waals surface area contributed by atoms with Crippen molar-refractivity contribution in [3.05, 3.63) is 36.2 Å². The minimum absolute atomic E-state index is 0.0243. The summed E-state index contributed by atoms with van der Waals surface area (Å²) in [6.07, 6.45) is -2.83. The number of nitrogens with zero attached hydrogens (tertiary/aromatic N) is 6. The number of piperazine rings is 1. The molecule has 0 bridgehead atoms. The summed E-state index contributed by atoms with van der Waals surface area (Å²) in [4.78, 5) is 41.3. The fraction of sp³-hybridized carbons (Fsp3) is 0.435. The van der Waals surface area contributed by atoms with Gasteiger partial charge in [0, 0.05) is 32.2 Å². The molecule has 0 aliphatic carbocycles. The first-order valence-electron chi connectivity index (χ1n) is 11.7. The Morgan fingerprint density at radius 1 is 1.11 bits per heavy atom. The average Bonchev–Trinajstić information content (AvgIpc) is 3.29. The summed E-state index contributed by atoms with van der Waals surface area (Å²) in [5.74, 6) is -0.114. The normalized spacial score (nSPS) is 17.4. The predicted molar refractivity (Wildman–Crippen MR) is 127 cm³/mol. The topological polar surface area (TPSA) is 118 Å². The molecule has 2 aromatic heterocycles. The Morgan fingerprint density at radius 3 is 2.61 bits per heavy atom. The van der Waals surface area contributed by atoms with Crippen molar-refractivity contribution in [2.45, 2.75) is 19.4 Å². The van der Waals surface area contributed by atoms with Gasteiger partial charge in [-0.25, -0.2) is 13.8 Å². The van der Waals surface area contributed by atoms with Crippen LogP contribution in [0.25, 0.3) is 16.9 Å². The zero-order valence-corrected chi connectivity index (χ0v) is 19.7. The number of nitrogens with one attached hydrogen (secondary N) is 2. The number of fused-ring (bicyclic) bond motifs is 1. The lowest BCUT2D eigenvalue weighted by Gasteiger charge is -2.30. The smallest absolute Gasteiger partial charge is 0.296 e. The van der Waals surface area contributed by atoms with Crippen LogP contribution in [0.2, 0.25) is 0 Å². The van der Waals surface area contributed by atoms with E-state index in [0.717, 1.165) is 0 Å². The van der Waals surface area contributed by atoms with Gasteiger partial charge in [-0.2, -0.15) is 9.97 Å². The van der Waals surface area contributed by atoms with E-state index in [9.17, 15) is 18.4 Å². The highest BCUT2D eigenvalue weighted by Crippen LogP contribution is 2.29. The SMILES string of the molecule is C[C@H](Nc1nc(N2CCOCC2)cc(-n2c(C(F)F)nc3ccccc32)n1)C(=O)N1CCNC(=O)C1. The van der Waals surface area contributed by atoms with Crippen molar-refractivity contribution < 1.29 is 23.1 Å². The van der Waals surface area contributed by atoms with Gasteiger partial charge in [0.15, 0.2) is 5.82 Å². The minimum atomic E-state index is -2.83. The van der Waals surface area contributed by atoms with Crippen LogP contribution in [0.5, 0.6) is 0 Å². The summed E-state index contributed by atoms with van der Waals surface area (Å²) < 4.78 is 34.8. The molecular weight excluding hydrogens is 474 g/mol. The summed E-state index contributed by atoms with van der Waals surface area (Å²) in [6, 6.07) is 7.72. The molecule has 0 spiro atoms. The number of imidazole rings is 1. The third kappa shape index (κ3) is 4.78. The highest BCUT2D eigenvalue weighted by molar-refractivity contribution is 5.89. The molecule has 1 atom stereocenters. The maximum atomic E-state index is 14.0. The fourth-order valence-corrected chi connectivity index (χ4v) is 4.34. The molecule has 13 heteroatoms. The fourth-order valence-electron chi connectivity index (χ4n) is 4.34. The largest absolute Gasteiger partial charge is 0.378 e. The zero-order valence-electron chi connectivity index (χ0n) is 19.7. The summed E-state index contributed by atoms with van der Waals surface area (Å²) in [7, 11) is 0. The molecule has 11 nitrogen and oxygen atoms in total. The molecular formula is C23H26F2N8O3. The van der Waals surface area contributed by atoms with Crippen molar-refractivity contribution in [1.82, 2.24) is 29.7 Å². The van der Waals surface area contributed by atoms with E-state index in [1.54, 1.807) is 37.3 Å². The van der Waals surface area contributed by atoms with Gasteiger partial charge in [-0.15, -0.1) is 0 Å². The van der Waals surface area contributed by atoms with Crippen LogP contribution >= 0.6 is 0 Å². The Labute approximate surface area is 205 Å². The van der Waals surface area contributed by atoms with Gasteiger partial charge >= 0.3 is 0 Å². The molecule has 0 unspecified atom stereocenters. The van der Waals surface area contributed by atoms with E-state index in [2.05, 4.69) is 25.6 Å². The molecule has 2 aliphatic heterocycles. The van der Waals surface area contributed by atoms with E-state index < -0.39 is 18.3 Å². The average molecular weight is 501 g/mol. The number of hydrogen-bond acceptors (Lipinski definition) is 8. The molecule has 4 heterocycles. The van der Waals surface area contributed by atoms with E-state index in [1.165, 1.54) is 9.47 Å². The molecule has 2 saturated heterocycles. The Hall–Kier alpha value is -3.87. The van der Waals surface area contributed by atoms with Crippen LogP contribution in [0.3, 0.4) is 0 Å². The summed E-state index contributed by atoms with van der Waals surface area (Å²) in [5.41, 5.74) is 0.898. The first-order chi connectivity index (χ1) is 17.4. The summed E-state index contributed by atoms with van der Waals surface area (Å²) in [5, 5.41) is 5.70. The van der Waals surface area contributed by atoms with Crippen molar-refractivity contribution in [1.29, 1.82) is 0 Å². The molecule has 0 radical (unpaired) electrons. The molecule has 2 amide bonds. The standard InChI is InChI=1S/C23H26F2N8O3/c1-14(22(35)32-7-6-26-19(34)13-32)27-23-29-17(31-8-10-36-11-9-31)12-18(30-23)33-16-5-3-2-4-15(16)28-21(33)20(24)25/h2-5,12,14,20H,6-11,13H2,1H3,(H,26,34)(H,27,29,30)/t14-/m0/s1. The van der Waals surface area contributed by atoms with Gasteiger partial charge < -0.3 is 25.2 Å². The lowest BCUT2D eigenvalue weighted by Crippen LogP contribution is -2.53. The first kappa shape index (κ1) is 23.9. The number of aromatic nitrogens is 4. The number of para-hydroxylation sites is 2. The number of ether oxygens (including phenoxy) is 1. The van der Waals surface area contributed by atoms with Crippen LogP contribution in [0.15, 0.2) is 30.3 Å². The van der Waals surface area contributed by atoms with E-state index in [-0.39, 0.29) is 30.1 Å². The number of rotatable bonds is 6. The van der Waals surface area contributed by atoms with E-state index in [4.69, 9.17) is 4.74 Å². The Morgan fingerprint density at radius 2 is 1.86 bits per heavy atom. The van der Waals surface area contributed by atoms with E-state index in [1.807, 2.05) is 4.90 Å². The van der Waals surface area contributed by atoms with Crippen molar-refractivity contribution in [2.75, 3.05) is 56.2 Å². The quantitative estimate of drug-likeness (QED) is 0.521. The van der Waals surface area contributed by atoms with Gasteiger partial charge in [-0.05, 0) is 19.1 Å². The van der Waals surface area contributed by atoms with Gasteiger partial charge in [0.05, 0.1) is 30.8 Å². The van der Waals surface area contributed by atoms with Crippen LogP contribution in [-0.4, -0.2) is 88.2 Å². The molecule has 2 aliphatic rings. The van der Waals surface area contributed by atoms with Gasteiger partial charge in [0.2, 0.25) is 17.8 Å². The van der Waals surface area contributed by atoms with Crippen LogP contribution in [0.4, 0.5) is 20.5 Å². The maximum absolute atomic E-state index is 14.0. The summed E-state index contributed by atoms with van der Waals surface area (Å²) in [6.45, 7) is 4.55. The van der Waals surface area contributed by atoms with Crippen LogP contribution in [0, 0.1) is 0 Å². The molecule has 5 rings (SSSR count). The highest BCUT2D eigenvalue weighted by atomic mass is 19.3. The predicted octanol–water partition coefficient (Wildman–Crippen LogP) is 1.35. The van der Waals surface area contributed by atoms with Crippen molar-refractivity contribution in [3.63, 3.8) is 0 Å². The highest BCUT2D eigenvalue weighted by Gasteiger charge is 2.27. The summed E-state index contributed by atoms with van der Waals surface area (Å²) >= 11 is 0. The number of benzene rings is 1. The lowest BCUT2D eigenvalue weighted by atomic mass is 10.2. The monoisotopic (exact) mass is 500 g/mol. The second-order valence-electron chi connectivity index (χ2n) is 8.58. The number of anilines is 2. The molecule has 1 aromatic carbocycles. The van der Waals surface area contributed by atoms with Gasteiger partial charge in [-0.3, -0.25) is 14.2 Å². The molecule has 2 fully saturated rings. The van der Waals surface area contributed by atoms with Gasteiger partial charge in [0.1, 0.15) is 17.7 Å².